The van der Waals surface area contributed by atoms with Crippen LogP contribution in [-0.2, 0) is 9.53 Å². The number of benzene rings is 1. The number of hydrogen-bond donors (Lipinski definition) is 1. The molecule has 29 heavy (non-hydrogen) atoms. The molecule has 158 valence electrons. The van der Waals surface area contributed by atoms with Crippen molar-refractivity contribution in [2.45, 2.75) is 66.7 Å². The van der Waals surface area contributed by atoms with Gasteiger partial charge in [0.25, 0.3) is 0 Å². The van der Waals surface area contributed by atoms with Crippen LogP contribution >= 0.6 is 0 Å². The van der Waals surface area contributed by atoms with E-state index >= 15 is 0 Å². The molecule has 1 aromatic carbocycles. The Hall–Kier alpha value is -2.40. The van der Waals surface area contributed by atoms with E-state index in [-0.39, 0.29) is 5.97 Å². The minimum absolute atomic E-state index is 0.331. The van der Waals surface area contributed by atoms with Crippen molar-refractivity contribution in [3.63, 3.8) is 0 Å². The second-order valence-electron chi connectivity index (χ2n) is 7.30. The topological polar surface area (TPSA) is 67.9 Å². The third kappa shape index (κ3) is 5.36. The number of rotatable bonds is 4. The summed E-state index contributed by atoms with van der Waals surface area (Å²) in [7, 11) is 0. The number of nitrogens with zero attached hydrogens (tertiary/aromatic N) is 2. The van der Waals surface area contributed by atoms with E-state index in [0.29, 0.717) is 23.9 Å². The smallest absolute Gasteiger partial charge is 0.337 e. The number of allylic oxidation sites excluding steroid dienone is 2. The van der Waals surface area contributed by atoms with Gasteiger partial charge < -0.3 is 4.74 Å². The summed E-state index contributed by atoms with van der Waals surface area (Å²) in [5, 5.41) is 1.62. The number of aliphatic imine (C=N–C) groups is 1. The fourth-order valence-corrected chi connectivity index (χ4v) is 3.85. The molecule has 5 heteroatoms. The van der Waals surface area contributed by atoms with Crippen LogP contribution < -0.4 is 5.84 Å². The lowest BCUT2D eigenvalue weighted by atomic mass is 9.83. The molecule has 1 aromatic rings. The first-order chi connectivity index (χ1) is 14.0. The third-order valence-electron chi connectivity index (χ3n) is 5.35. The van der Waals surface area contributed by atoms with Crippen molar-refractivity contribution in [3.05, 3.63) is 52.5 Å². The van der Waals surface area contributed by atoms with Crippen LogP contribution in [0.3, 0.4) is 0 Å². The van der Waals surface area contributed by atoms with Gasteiger partial charge in [-0.25, -0.2) is 15.6 Å². The molecule has 0 bridgehead atoms. The van der Waals surface area contributed by atoms with Crippen LogP contribution in [0.5, 0.6) is 0 Å². The fraction of sp³-hybridized carbons (Fsp3) is 0.500. The number of nitrogens with two attached hydrogens (primary N) is 1. The summed E-state index contributed by atoms with van der Waals surface area (Å²) >= 11 is 0. The van der Waals surface area contributed by atoms with Crippen LogP contribution in [0.2, 0.25) is 0 Å². The predicted molar refractivity (Wildman–Crippen MR) is 120 cm³/mol. The molecule has 0 atom stereocenters. The molecular weight excluding hydrogens is 362 g/mol. The summed E-state index contributed by atoms with van der Waals surface area (Å²) in [6.07, 6.45) is 7.76. The van der Waals surface area contributed by atoms with Crippen LogP contribution in [-0.4, -0.2) is 23.8 Å². The van der Waals surface area contributed by atoms with E-state index in [9.17, 15) is 4.79 Å². The molecule has 0 spiro atoms. The largest absolute Gasteiger partial charge is 0.463 e. The minimum atomic E-state index is -0.373. The molecule has 1 fully saturated rings. The second-order valence-corrected chi connectivity index (χ2v) is 7.30. The van der Waals surface area contributed by atoms with Crippen LogP contribution in [0.15, 0.2) is 46.3 Å². The average Bonchev–Trinajstić information content (AvgIpc) is 2.76. The van der Waals surface area contributed by atoms with Gasteiger partial charge in [-0.3, -0.25) is 5.01 Å². The maximum atomic E-state index is 12.2. The van der Waals surface area contributed by atoms with Crippen LogP contribution in [0.1, 0.15) is 70.9 Å². The molecule has 0 saturated heterocycles. The van der Waals surface area contributed by atoms with E-state index in [4.69, 9.17) is 10.6 Å². The Labute approximate surface area is 175 Å². The van der Waals surface area contributed by atoms with Crippen molar-refractivity contribution >= 4 is 17.8 Å². The van der Waals surface area contributed by atoms with Gasteiger partial charge in [0.2, 0.25) is 0 Å². The molecule has 0 amide bonds. The Kier molecular flexibility index (Phi) is 8.65. The van der Waals surface area contributed by atoms with E-state index in [0.717, 1.165) is 29.7 Å². The molecule has 0 radical (unpaired) electrons. The van der Waals surface area contributed by atoms with E-state index in [1.54, 1.807) is 18.9 Å². The van der Waals surface area contributed by atoms with Crippen LogP contribution in [0.25, 0.3) is 5.57 Å². The molecule has 3 rings (SSSR count). The number of carbonyl (C=O) groups excluding carboxylic acids is 1. The summed E-state index contributed by atoms with van der Waals surface area (Å²) < 4.78 is 5.14. The van der Waals surface area contributed by atoms with Crippen molar-refractivity contribution in [1.29, 1.82) is 0 Å². The highest BCUT2D eigenvalue weighted by Crippen LogP contribution is 2.38. The highest BCUT2D eigenvalue weighted by Gasteiger charge is 2.30. The lowest BCUT2D eigenvalue weighted by Crippen LogP contribution is -2.37. The number of hydrazine groups is 1. The molecule has 0 unspecified atom stereocenters. The molecule has 2 aliphatic rings. The van der Waals surface area contributed by atoms with Gasteiger partial charge in [0, 0.05) is 23.4 Å². The quantitative estimate of drug-likeness (QED) is 0.421. The third-order valence-corrected chi connectivity index (χ3v) is 5.35. The highest BCUT2D eigenvalue weighted by atomic mass is 16.5. The van der Waals surface area contributed by atoms with Crippen molar-refractivity contribution in [3.8, 4) is 0 Å². The first-order valence-corrected chi connectivity index (χ1v) is 10.8. The number of esters is 1. The monoisotopic (exact) mass is 397 g/mol. The van der Waals surface area contributed by atoms with Gasteiger partial charge in [0.05, 0.1) is 12.2 Å². The van der Waals surface area contributed by atoms with Crippen LogP contribution in [0, 0.1) is 12.8 Å². The first kappa shape index (κ1) is 22.9. The van der Waals surface area contributed by atoms with Crippen molar-refractivity contribution < 1.29 is 9.53 Å². The molecule has 0 aromatic heterocycles. The second kappa shape index (κ2) is 11.0. The van der Waals surface area contributed by atoms with E-state index in [1.165, 1.54) is 24.8 Å². The van der Waals surface area contributed by atoms with Crippen molar-refractivity contribution in [2.24, 2.45) is 16.8 Å². The van der Waals surface area contributed by atoms with Gasteiger partial charge in [0.1, 0.15) is 0 Å². The normalized spacial score (nSPS) is 18.9. The summed E-state index contributed by atoms with van der Waals surface area (Å²) in [6, 6.07) is 8.43. The van der Waals surface area contributed by atoms with Gasteiger partial charge in [-0.15, -0.1) is 0 Å². The molecule has 1 aliphatic carbocycles. The molecule has 1 aliphatic heterocycles. The zero-order valence-electron chi connectivity index (χ0n) is 18.5. The maximum absolute atomic E-state index is 12.2. The lowest BCUT2D eigenvalue weighted by molar-refractivity contribution is -0.138. The molecule has 1 heterocycles. The van der Waals surface area contributed by atoms with Gasteiger partial charge in [-0.2, -0.15) is 0 Å². The first-order valence-electron chi connectivity index (χ1n) is 10.8. The van der Waals surface area contributed by atoms with Crippen molar-refractivity contribution in [2.75, 3.05) is 6.61 Å². The number of hydrogen-bond acceptors (Lipinski definition) is 5. The number of carbonyl (C=O) groups is 1. The Morgan fingerprint density at radius 3 is 2.38 bits per heavy atom. The Morgan fingerprint density at radius 2 is 1.79 bits per heavy atom. The lowest BCUT2D eigenvalue weighted by Gasteiger charge is -2.35. The Balaban J connectivity index is 0.00000145. The Bertz CT molecular complexity index is 785. The average molecular weight is 398 g/mol. The zero-order chi connectivity index (χ0) is 21.4. The van der Waals surface area contributed by atoms with Gasteiger partial charge in [0.15, 0.2) is 5.82 Å². The number of ether oxygens (including phenoxy) is 1. The highest BCUT2D eigenvalue weighted by molar-refractivity contribution is 6.12. The predicted octanol–water partition coefficient (Wildman–Crippen LogP) is 5.37. The van der Waals surface area contributed by atoms with Gasteiger partial charge in [-0.1, -0.05) is 62.9 Å². The summed E-state index contributed by atoms with van der Waals surface area (Å²) in [6.45, 7) is 9.93. The number of aryl methyl sites for hydroxylation is 1. The fourth-order valence-electron chi connectivity index (χ4n) is 3.85. The molecule has 2 N–H and O–H groups in total. The van der Waals surface area contributed by atoms with Gasteiger partial charge in [-0.05, 0) is 39.2 Å². The van der Waals surface area contributed by atoms with Gasteiger partial charge >= 0.3 is 5.97 Å². The van der Waals surface area contributed by atoms with Crippen molar-refractivity contribution in [1.82, 2.24) is 5.01 Å². The summed E-state index contributed by atoms with van der Waals surface area (Å²) in [5.74, 6) is 7.02. The zero-order valence-corrected chi connectivity index (χ0v) is 18.5. The summed E-state index contributed by atoms with van der Waals surface area (Å²) in [5.41, 5.74) is 4.87. The van der Waals surface area contributed by atoms with Crippen LogP contribution in [0.4, 0.5) is 0 Å². The maximum Gasteiger partial charge on any atom is 0.337 e. The Morgan fingerprint density at radius 1 is 1.17 bits per heavy atom. The van der Waals surface area contributed by atoms with E-state index < -0.39 is 0 Å². The minimum Gasteiger partial charge on any atom is -0.463 e. The molecular formula is C24H35N3O2. The molecule has 5 nitrogen and oxygen atoms in total. The summed E-state index contributed by atoms with van der Waals surface area (Å²) in [4.78, 5) is 16.7. The standard InChI is InChI=1S/C22H29N3O2.C2H6/c1-4-27-22(26)16(3)21-24-14-19(17-12-10-15(2)11-13-17)20(25(21)23)18-8-6-5-7-9-18;1-2/h10-14,18H,4-9,23H2,1-3H3;1-2H3/b21-16+;. The van der Waals surface area contributed by atoms with E-state index in [2.05, 4.69) is 36.2 Å². The van der Waals surface area contributed by atoms with E-state index in [1.807, 2.05) is 20.1 Å². The SMILES string of the molecule is CC.CCOC(=O)/C(C)=C1\N=CC(c2ccc(C)cc2)=C(C2CCCCC2)N1N. The molecule has 1 saturated carbocycles.